The van der Waals surface area contributed by atoms with Crippen molar-refractivity contribution in [2.75, 3.05) is 0 Å². The second-order valence-electron chi connectivity index (χ2n) is 4.97. The minimum atomic E-state index is -4.36. The van der Waals surface area contributed by atoms with Gasteiger partial charge in [0.05, 0.1) is 11.1 Å². The Morgan fingerprint density at radius 1 is 1.25 bits per heavy atom. The van der Waals surface area contributed by atoms with Crippen molar-refractivity contribution in [2.45, 2.75) is 32.7 Å². The molecule has 0 atom stereocenters. The summed E-state index contributed by atoms with van der Waals surface area (Å²) in [6.45, 7) is 2.01. The summed E-state index contributed by atoms with van der Waals surface area (Å²) in [4.78, 5) is 19.2. The number of hydrogen-bond donors (Lipinski definition) is 1. The van der Waals surface area contributed by atoms with E-state index in [4.69, 9.17) is 4.74 Å². The van der Waals surface area contributed by atoms with Crippen LogP contribution in [0.4, 0.5) is 13.2 Å². The van der Waals surface area contributed by atoms with Crippen LogP contribution in [0, 0.1) is 0 Å². The fraction of sp³-hybridized carbons (Fsp3) is 0.312. The van der Waals surface area contributed by atoms with Crippen molar-refractivity contribution < 1.29 is 22.7 Å². The van der Waals surface area contributed by atoms with Crippen molar-refractivity contribution in [3.05, 3.63) is 53.5 Å². The van der Waals surface area contributed by atoms with E-state index in [0.717, 1.165) is 12.1 Å². The summed E-state index contributed by atoms with van der Waals surface area (Å²) in [5.41, 5.74) is 0.452. The van der Waals surface area contributed by atoms with Crippen LogP contribution in [0.5, 0.6) is 5.88 Å². The van der Waals surface area contributed by atoms with Gasteiger partial charge in [-0.25, -0.2) is 9.97 Å². The lowest BCUT2D eigenvalue weighted by atomic mass is 10.1. The maximum absolute atomic E-state index is 12.5. The van der Waals surface area contributed by atoms with Gasteiger partial charge in [0.15, 0.2) is 0 Å². The molecular formula is C16H16F3N3O2. The molecule has 1 amide bonds. The van der Waals surface area contributed by atoms with Crippen LogP contribution in [0.1, 0.15) is 30.0 Å². The van der Waals surface area contributed by atoms with Gasteiger partial charge in [0.2, 0.25) is 11.8 Å². The van der Waals surface area contributed by atoms with Crippen LogP contribution in [0.2, 0.25) is 0 Å². The molecule has 0 unspecified atom stereocenters. The molecule has 24 heavy (non-hydrogen) atoms. The molecule has 2 rings (SSSR count). The van der Waals surface area contributed by atoms with E-state index >= 15 is 0 Å². The normalized spacial score (nSPS) is 11.2. The molecule has 5 nitrogen and oxygen atoms in total. The number of halogens is 3. The Labute approximate surface area is 136 Å². The molecule has 0 radical (unpaired) electrons. The molecular weight excluding hydrogens is 323 g/mol. The number of amides is 1. The predicted octanol–water partition coefficient (Wildman–Crippen LogP) is 3.10. The van der Waals surface area contributed by atoms with E-state index in [2.05, 4.69) is 15.3 Å². The molecule has 0 aliphatic carbocycles. The van der Waals surface area contributed by atoms with Crippen molar-refractivity contribution in [1.29, 1.82) is 0 Å². The van der Waals surface area contributed by atoms with E-state index < -0.39 is 11.7 Å². The summed E-state index contributed by atoms with van der Waals surface area (Å²) >= 11 is 0. The highest BCUT2D eigenvalue weighted by Crippen LogP contribution is 2.29. The van der Waals surface area contributed by atoms with Gasteiger partial charge in [-0.2, -0.15) is 13.2 Å². The number of ether oxygens (including phenoxy) is 1. The molecule has 0 spiro atoms. The first-order valence-corrected chi connectivity index (χ1v) is 7.24. The third-order valence-corrected chi connectivity index (χ3v) is 3.20. The molecule has 0 fully saturated rings. The molecule has 0 aliphatic heterocycles. The van der Waals surface area contributed by atoms with Crippen molar-refractivity contribution in [3.8, 4) is 5.88 Å². The van der Waals surface area contributed by atoms with E-state index in [1.165, 1.54) is 24.7 Å². The van der Waals surface area contributed by atoms with Crippen molar-refractivity contribution in [3.63, 3.8) is 0 Å². The molecule has 0 saturated carbocycles. The third-order valence-electron chi connectivity index (χ3n) is 3.20. The zero-order valence-corrected chi connectivity index (χ0v) is 12.9. The number of nitrogens with one attached hydrogen (secondary N) is 1. The second kappa shape index (κ2) is 7.76. The number of rotatable bonds is 6. The number of benzene rings is 1. The van der Waals surface area contributed by atoms with Gasteiger partial charge in [-0.1, -0.05) is 19.1 Å². The average molecular weight is 339 g/mol. The Morgan fingerprint density at radius 3 is 2.58 bits per heavy atom. The largest absolute Gasteiger partial charge is 0.472 e. The number of carbonyl (C=O) groups excluding carboxylic acids is 1. The Kier molecular flexibility index (Phi) is 5.73. The molecule has 0 saturated heterocycles. The zero-order chi connectivity index (χ0) is 17.6. The van der Waals surface area contributed by atoms with Gasteiger partial charge in [-0.3, -0.25) is 4.79 Å². The Hall–Kier alpha value is -2.64. The standard InChI is InChI=1S/C16H16F3N3O2/c1-2-14(23)21-8-12-7-20-10-22-15(12)24-9-11-3-5-13(6-4-11)16(17,18)19/h3-7,10H,2,8-9H2,1H3,(H,21,23). The van der Waals surface area contributed by atoms with E-state index in [1.807, 2.05) is 0 Å². The highest BCUT2D eigenvalue weighted by molar-refractivity contribution is 5.75. The lowest BCUT2D eigenvalue weighted by molar-refractivity contribution is -0.137. The highest BCUT2D eigenvalue weighted by atomic mass is 19.4. The number of alkyl halides is 3. The SMILES string of the molecule is CCC(=O)NCc1cncnc1OCc1ccc(C(F)(F)F)cc1. The summed E-state index contributed by atoms with van der Waals surface area (Å²) in [7, 11) is 0. The monoisotopic (exact) mass is 339 g/mol. The van der Waals surface area contributed by atoms with Gasteiger partial charge in [-0.05, 0) is 17.7 Å². The van der Waals surface area contributed by atoms with Crippen molar-refractivity contribution >= 4 is 5.91 Å². The molecule has 0 bridgehead atoms. The minimum Gasteiger partial charge on any atom is -0.472 e. The van der Waals surface area contributed by atoms with Crippen molar-refractivity contribution in [2.24, 2.45) is 0 Å². The number of aromatic nitrogens is 2. The number of carbonyl (C=O) groups is 1. The first-order chi connectivity index (χ1) is 11.4. The van der Waals surface area contributed by atoms with E-state index in [1.54, 1.807) is 6.92 Å². The molecule has 8 heteroatoms. The summed E-state index contributed by atoms with van der Waals surface area (Å²) < 4.78 is 43.1. The minimum absolute atomic E-state index is 0.0594. The summed E-state index contributed by atoms with van der Waals surface area (Å²) in [6, 6.07) is 4.70. The highest BCUT2D eigenvalue weighted by Gasteiger charge is 2.29. The Morgan fingerprint density at radius 2 is 1.96 bits per heavy atom. The quantitative estimate of drug-likeness (QED) is 0.878. The molecule has 0 aliphatic rings. The van der Waals surface area contributed by atoms with E-state index in [9.17, 15) is 18.0 Å². The lowest BCUT2D eigenvalue weighted by Crippen LogP contribution is -2.22. The second-order valence-corrected chi connectivity index (χ2v) is 4.97. The topological polar surface area (TPSA) is 64.1 Å². The van der Waals surface area contributed by atoms with E-state index in [0.29, 0.717) is 17.5 Å². The fourth-order valence-corrected chi connectivity index (χ4v) is 1.86. The van der Waals surface area contributed by atoms with Crippen LogP contribution in [-0.4, -0.2) is 15.9 Å². The van der Waals surface area contributed by atoms with Crippen LogP contribution in [-0.2, 0) is 24.1 Å². The molecule has 1 N–H and O–H groups in total. The predicted molar refractivity (Wildman–Crippen MR) is 79.9 cm³/mol. The van der Waals surface area contributed by atoms with E-state index in [-0.39, 0.29) is 24.9 Å². The van der Waals surface area contributed by atoms with Gasteiger partial charge in [0.1, 0.15) is 12.9 Å². The summed E-state index contributed by atoms with van der Waals surface area (Å²) in [6.07, 6.45) is -1.19. The van der Waals surface area contributed by atoms with Gasteiger partial charge in [-0.15, -0.1) is 0 Å². The maximum atomic E-state index is 12.5. The summed E-state index contributed by atoms with van der Waals surface area (Å²) in [5, 5.41) is 2.69. The molecule has 1 aromatic heterocycles. The Bertz CT molecular complexity index is 688. The molecule has 128 valence electrons. The fourth-order valence-electron chi connectivity index (χ4n) is 1.86. The van der Waals surface area contributed by atoms with Crippen molar-refractivity contribution in [1.82, 2.24) is 15.3 Å². The lowest BCUT2D eigenvalue weighted by Gasteiger charge is -2.11. The average Bonchev–Trinajstić information content (AvgIpc) is 2.58. The molecule has 1 aromatic carbocycles. The maximum Gasteiger partial charge on any atom is 0.416 e. The molecule has 1 heterocycles. The van der Waals surface area contributed by atoms with Gasteiger partial charge < -0.3 is 10.1 Å². The van der Waals surface area contributed by atoms with Crippen LogP contribution < -0.4 is 10.1 Å². The zero-order valence-electron chi connectivity index (χ0n) is 12.9. The van der Waals surface area contributed by atoms with Gasteiger partial charge in [0.25, 0.3) is 0 Å². The van der Waals surface area contributed by atoms with Gasteiger partial charge in [0, 0.05) is 19.2 Å². The number of hydrogen-bond acceptors (Lipinski definition) is 4. The number of nitrogens with zero attached hydrogens (tertiary/aromatic N) is 2. The third kappa shape index (κ3) is 4.94. The summed E-state index contributed by atoms with van der Waals surface area (Å²) in [5.74, 6) is 0.161. The first kappa shape index (κ1) is 17.7. The van der Waals surface area contributed by atoms with Crippen LogP contribution in [0.25, 0.3) is 0 Å². The van der Waals surface area contributed by atoms with Gasteiger partial charge >= 0.3 is 6.18 Å². The van der Waals surface area contributed by atoms with Crippen LogP contribution >= 0.6 is 0 Å². The Balaban J connectivity index is 2.00. The van der Waals surface area contributed by atoms with Crippen LogP contribution in [0.3, 0.4) is 0 Å². The molecule has 2 aromatic rings. The van der Waals surface area contributed by atoms with Crippen LogP contribution in [0.15, 0.2) is 36.8 Å². The smallest absolute Gasteiger partial charge is 0.416 e. The first-order valence-electron chi connectivity index (χ1n) is 7.24.